The summed E-state index contributed by atoms with van der Waals surface area (Å²) in [5.41, 5.74) is 0.925. The number of aliphatic imine (C=N–C) groups is 1. The average Bonchev–Trinajstić information content (AvgIpc) is 3.09. The highest BCUT2D eigenvalue weighted by Crippen LogP contribution is 2.16. The van der Waals surface area contributed by atoms with Crippen molar-refractivity contribution in [1.29, 1.82) is 0 Å². The zero-order valence-corrected chi connectivity index (χ0v) is 17.2. The van der Waals surface area contributed by atoms with Gasteiger partial charge in [0, 0.05) is 16.3 Å². The predicted molar refractivity (Wildman–Crippen MR) is 107 cm³/mol. The summed E-state index contributed by atoms with van der Waals surface area (Å²) in [4.78, 5) is 11.6. The Hall–Kier alpha value is -1.09. The van der Waals surface area contributed by atoms with Crippen LogP contribution >= 0.6 is 35.3 Å². The van der Waals surface area contributed by atoms with Crippen molar-refractivity contribution < 1.29 is 4.42 Å². The van der Waals surface area contributed by atoms with Crippen LogP contribution in [0.25, 0.3) is 0 Å². The smallest absolute Gasteiger partial charge is 0.216 e. The molecule has 0 aliphatic rings. The Morgan fingerprint density at radius 3 is 2.52 bits per heavy atom. The number of rotatable bonds is 6. The van der Waals surface area contributed by atoms with Gasteiger partial charge in [0.1, 0.15) is 12.3 Å². The summed E-state index contributed by atoms with van der Waals surface area (Å²) in [6, 6.07) is 4.35. The van der Waals surface area contributed by atoms with Gasteiger partial charge in [-0.15, -0.1) is 35.3 Å². The van der Waals surface area contributed by atoms with E-state index in [2.05, 4.69) is 46.6 Å². The molecule has 0 spiro atoms. The quantitative estimate of drug-likeness (QED) is 0.401. The summed E-state index contributed by atoms with van der Waals surface area (Å²) in [6.45, 7) is 10.1. The van der Waals surface area contributed by atoms with Crippen molar-refractivity contribution in [1.82, 2.24) is 15.6 Å². The molecule has 0 aliphatic heterocycles. The predicted octanol–water partition coefficient (Wildman–Crippen LogP) is 3.79. The Morgan fingerprint density at radius 2 is 1.96 bits per heavy atom. The highest BCUT2D eigenvalue weighted by atomic mass is 127. The topological polar surface area (TPSA) is 62.5 Å². The number of thiophene rings is 1. The van der Waals surface area contributed by atoms with Gasteiger partial charge in [0.25, 0.3) is 0 Å². The van der Waals surface area contributed by atoms with Gasteiger partial charge in [-0.3, -0.25) is 0 Å². The molecular weight excluding hydrogens is 423 g/mol. The number of guanidine groups is 1. The molecule has 2 heterocycles. The van der Waals surface area contributed by atoms with Gasteiger partial charge >= 0.3 is 0 Å². The average molecular weight is 448 g/mol. The Labute approximate surface area is 159 Å². The molecule has 23 heavy (non-hydrogen) atoms. The maximum Gasteiger partial charge on any atom is 0.216 e. The van der Waals surface area contributed by atoms with Crippen LogP contribution in [0.1, 0.15) is 40.9 Å². The van der Waals surface area contributed by atoms with E-state index in [1.54, 1.807) is 0 Å². The first kappa shape index (κ1) is 20.0. The summed E-state index contributed by atoms with van der Waals surface area (Å²) in [6.07, 6.45) is 1.09. The molecule has 2 aromatic rings. The minimum absolute atomic E-state index is 0. The van der Waals surface area contributed by atoms with Gasteiger partial charge in [0.15, 0.2) is 5.96 Å². The third-order valence-electron chi connectivity index (χ3n) is 3.29. The van der Waals surface area contributed by atoms with E-state index in [-0.39, 0.29) is 24.0 Å². The minimum Gasteiger partial charge on any atom is -0.444 e. The molecule has 0 atom stereocenters. The van der Waals surface area contributed by atoms with Gasteiger partial charge in [-0.25, -0.2) is 9.98 Å². The summed E-state index contributed by atoms with van der Waals surface area (Å²) < 4.78 is 5.55. The zero-order chi connectivity index (χ0) is 15.9. The van der Waals surface area contributed by atoms with E-state index in [0.717, 1.165) is 36.9 Å². The lowest BCUT2D eigenvalue weighted by Gasteiger charge is -2.09. The van der Waals surface area contributed by atoms with Crippen LogP contribution in [-0.4, -0.2) is 17.5 Å². The monoisotopic (exact) mass is 448 g/mol. The van der Waals surface area contributed by atoms with E-state index >= 15 is 0 Å². The van der Waals surface area contributed by atoms with Crippen LogP contribution in [0.15, 0.2) is 21.5 Å². The van der Waals surface area contributed by atoms with Crippen molar-refractivity contribution in [2.75, 3.05) is 6.54 Å². The fourth-order valence-electron chi connectivity index (χ4n) is 1.97. The molecule has 0 fully saturated rings. The molecule has 0 unspecified atom stereocenters. The number of hydrogen-bond donors (Lipinski definition) is 2. The molecular formula is C16H25IN4OS. The summed E-state index contributed by atoms with van der Waals surface area (Å²) in [5.74, 6) is 2.29. The van der Waals surface area contributed by atoms with Crippen molar-refractivity contribution in [3.05, 3.63) is 39.2 Å². The van der Waals surface area contributed by atoms with Crippen molar-refractivity contribution in [2.45, 2.75) is 47.2 Å². The number of halogens is 1. The Balaban J connectivity index is 0.00000264. The van der Waals surface area contributed by atoms with Crippen LogP contribution in [0.3, 0.4) is 0 Å². The second kappa shape index (κ2) is 9.92. The Bertz CT molecular complexity index is 616. The molecule has 5 nitrogen and oxygen atoms in total. The molecule has 0 radical (unpaired) electrons. The molecule has 128 valence electrons. The number of hydrogen-bond acceptors (Lipinski definition) is 4. The van der Waals surface area contributed by atoms with Gasteiger partial charge in [0.05, 0.1) is 12.2 Å². The van der Waals surface area contributed by atoms with E-state index < -0.39 is 0 Å². The second-order valence-electron chi connectivity index (χ2n) is 5.02. The van der Waals surface area contributed by atoms with E-state index in [4.69, 9.17) is 4.42 Å². The fourth-order valence-corrected chi connectivity index (χ4v) is 2.87. The molecule has 0 saturated heterocycles. The van der Waals surface area contributed by atoms with Crippen LogP contribution in [0.5, 0.6) is 0 Å². The third-order valence-corrected chi connectivity index (χ3v) is 4.51. The molecule has 2 N–H and O–H groups in total. The van der Waals surface area contributed by atoms with Crippen LogP contribution < -0.4 is 10.6 Å². The lowest BCUT2D eigenvalue weighted by molar-refractivity contribution is 0.473. The fraction of sp³-hybridized carbons (Fsp3) is 0.500. The molecule has 0 aromatic carbocycles. The first-order valence-electron chi connectivity index (χ1n) is 7.65. The van der Waals surface area contributed by atoms with E-state index in [0.29, 0.717) is 12.4 Å². The van der Waals surface area contributed by atoms with Crippen molar-refractivity contribution in [3.8, 4) is 0 Å². The van der Waals surface area contributed by atoms with Crippen molar-refractivity contribution in [2.24, 2.45) is 4.99 Å². The minimum atomic E-state index is 0. The summed E-state index contributed by atoms with van der Waals surface area (Å²) >= 11 is 1.84. The van der Waals surface area contributed by atoms with Gasteiger partial charge < -0.3 is 15.1 Å². The lowest BCUT2D eigenvalue weighted by atomic mass is 10.4. The highest BCUT2D eigenvalue weighted by molar-refractivity contribution is 14.0. The Kier molecular flexibility index (Phi) is 8.60. The van der Waals surface area contributed by atoms with Gasteiger partial charge in [-0.2, -0.15) is 0 Å². The number of nitrogens with one attached hydrogen (secondary N) is 2. The number of nitrogens with zero attached hydrogens (tertiary/aromatic N) is 2. The normalized spacial score (nSPS) is 11.2. The number of oxazole rings is 1. The molecule has 0 saturated carbocycles. The van der Waals surface area contributed by atoms with Crippen LogP contribution in [-0.2, 0) is 19.5 Å². The SMILES string of the molecule is CCNC(=NCc1nc(C)c(C)o1)NCc1ccc(CC)s1.I. The molecule has 0 aliphatic carbocycles. The maximum absolute atomic E-state index is 5.55. The van der Waals surface area contributed by atoms with Crippen LogP contribution in [0.2, 0.25) is 0 Å². The standard InChI is InChI=1S/C16H24N4OS.HI/c1-5-13-7-8-14(22-13)9-18-16(17-6-2)19-10-15-20-11(3)12(4)21-15;/h7-8H,5-6,9-10H2,1-4H3,(H2,17,18,19);1H. The maximum atomic E-state index is 5.55. The van der Waals surface area contributed by atoms with E-state index in [9.17, 15) is 0 Å². The van der Waals surface area contributed by atoms with Crippen molar-refractivity contribution in [3.63, 3.8) is 0 Å². The Morgan fingerprint density at radius 1 is 1.22 bits per heavy atom. The number of aryl methyl sites for hydroxylation is 3. The zero-order valence-electron chi connectivity index (χ0n) is 14.1. The second-order valence-corrected chi connectivity index (χ2v) is 6.27. The largest absolute Gasteiger partial charge is 0.444 e. The van der Waals surface area contributed by atoms with Crippen molar-refractivity contribution >= 4 is 41.3 Å². The lowest BCUT2D eigenvalue weighted by Crippen LogP contribution is -2.36. The summed E-state index contributed by atoms with van der Waals surface area (Å²) in [7, 11) is 0. The van der Waals surface area contributed by atoms with Crippen LogP contribution in [0.4, 0.5) is 0 Å². The van der Waals surface area contributed by atoms with Gasteiger partial charge in [-0.05, 0) is 39.3 Å². The molecule has 2 rings (SSSR count). The van der Waals surface area contributed by atoms with E-state index in [1.807, 2.05) is 25.2 Å². The first-order valence-corrected chi connectivity index (χ1v) is 8.46. The molecule has 7 heteroatoms. The van der Waals surface area contributed by atoms with Gasteiger partial charge in [0.2, 0.25) is 5.89 Å². The third kappa shape index (κ3) is 6.14. The molecule has 2 aromatic heterocycles. The molecule has 0 bridgehead atoms. The van der Waals surface area contributed by atoms with Crippen LogP contribution in [0, 0.1) is 13.8 Å². The highest BCUT2D eigenvalue weighted by Gasteiger charge is 2.06. The summed E-state index contributed by atoms with van der Waals surface area (Å²) in [5, 5.41) is 6.59. The van der Waals surface area contributed by atoms with E-state index in [1.165, 1.54) is 9.75 Å². The molecule has 0 amide bonds. The number of aromatic nitrogens is 1. The first-order chi connectivity index (χ1) is 10.6. The van der Waals surface area contributed by atoms with Gasteiger partial charge in [-0.1, -0.05) is 6.92 Å².